The summed E-state index contributed by atoms with van der Waals surface area (Å²) < 4.78 is 5.11. The minimum atomic E-state index is -1.01. The molecule has 2 aromatic rings. The average Bonchev–Trinajstić information content (AvgIpc) is 2.54. The molecule has 0 spiro atoms. The van der Waals surface area contributed by atoms with E-state index in [2.05, 4.69) is 20.5 Å². The largest absolute Gasteiger partial charge is 0.497 e. The van der Waals surface area contributed by atoms with Crippen LogP contribution in [0, 0.1) is 0 Å². The summed E-state index contributed by atoms with van der Waals surface area (Å²) in [4.78, 5) is 17.1. The van der Waals surface area contributed by atoms with E-state index in [1.54, 1.807) is 14.0 Å². The molecule has 1 heterocycles. The van der Waals surface area contributed by atoms with E-state index in [0.29, 0.717) is 11.6 Å². The predicted molar refractivity (Wildman–Crippen MR) is 94.1 cm³/mol. The number of carbonyl (C=O) groups is 1. The van der Waals surface area contributed by atoms with E-state index in [4.69, 9.17) is 4.74 Å². The molecule has 0 aliphatic carbocycles. The van der Waals surface area contributed by atoms with Crippen LogP contribution in [0.3, 0.4) is 0 Å². The molecular weight excluding hydrogens is 322 g/mol. The summed E-state index contributed by atoms with van der Waals surface area (Å²) in [6.07, 6.45) is 0.521. The number of ether oxygens (including phenoxy) is 1. The Kier molecular flexibility index (Phi) is 5.41. The molecule has 1 atom stereocenters. The summed E-state index contributed by atoms with van der Waals surface area (Å²) in [6.45, 7) is 7.26. The van der Waals surface area contributed by atoms with Gasteiger partial charge < -0.3 is 15.2 Å². The summed E-state index contributed by atoms with van der Waals surface area (Å²) in [7, 11) is 1.60. The van der Waals surface area contributed by atoms with Crippen LogP contribution in [0.2, 0.25) is 0 Å². The number of nitrogens with one attached hydrogen (secondary N) is 1. The lowest BCUT2D eigenvalue weighted by molar-refractivity contribution is 0.0737. The van der Waals surface area contributed by atoms with E-state index in [1.165, 1.54) is 11.1 Å². The minimum absolute atomic E-state index is 0.332. The van der Waals surface area contributed by atoms with Gasteiger partial charge in [0, 0.05) is 11.2 Å². The van der Waals surface area contributed by atoms with Crippen molar-refractivity contribution < 1.29 is 14.6 Å². The maximum Gasteiger partial charge on any atom is 0.408 e. The van der Waals surface area contributed by atoms with Crippen LogP contribution < -0.4 is 10.1 Å². The van der Waals surface area contributed by atoms with Crippen molar-refractivity contribution in [1.29, 1.82) is 0 Å². The first-order chi connectivity index (χ1) is 11.7. The van der Waals surface area contributed by atoms with Crippen LogP contribution in [0.4, 0.5) is 16.4 Å². The van der Waals surface area contributed by atoms with Crippen LogP contribution in [0.15, 0.2) is 30.5 Å². The topological polar surface area (TPSA) is 100 Å². The van der Waals surface area contributed by atoms with Gasteiger partial charge in [-0.2, -0.15) is 0 Å². The number of hydrogen-bond acceptors (Lipinski definition) is 6. The van der Waals surface area contributed by atoms with E-state index in [0.717, 1.165) is 11.4 Å². The van der Waals surface area contributed by atoms with Crippen molar-refractivity contribution in [2.24, 2.45) is 0 Å². The van der Waals surface area contributed by atoms with E-state index in [9.17, 15) is 9.90 Å². The highest BCUT2D eigenvalue weighted by Gasteiger charge is 2.32. The summed E-state index contributed by atoms with van der Waals surface area (Å²) in [5.74, 6) is 1.09. The second-order valence-corrected chi connectivity index (χ2v) is 6.56. The number of nitrogens with zero attached hydrogens (tertiary/aromatic N) is 4. The zero-order valence-corrected chi connectivity index (χ0v) is 15.0. The molecule has 0 bridgehead atoms. The quantitative estimate of drug-likeness (QED) is 0.855. The third-order valence-electron chi connectivity index (χ3n) is 3.67. The summed E-state index contributed by atoms with van der Waals surface area (Å²) in [5.41, 5.74) is 0.718. The van der Waals surface area contributed by atoms with Gasteiger partial charge in [-0.25, -0.2) is 9.78 Å². The van der Waals surface area contributed by atoms with Crippen LogP contribution in [-0.2, 0) is 0 Å². The fourth-order valence-electron chi connectivity index (χ4n) is 2.50. The predicted octanol–water partition coefficient (Wildman–Crippen LogP) is 3.46. The maximum absolute atomic E-state index is 11.6. The van der Waals surface area contributed by atoms with Crippen LogP contribution in [0.25, 0.3) is 0 Å². The van der Waals surface area contributed by atoms with Gasteiger partial charge in [0.15, 0.2) is 0 Å². The Hall–Kier alpha value is -2.90. The molecule has 0 radical (unpaired) electrons. The highest BCUT2D eigenvalue weighted by molar-refractivity contribution is 5.66. The number of hydrogen-bond donors (Lipinski definition) is 2. The van der Waals surface area contributed by atoms with Gasteiger partial charge in [0.25, 0.3) is 0 Å². The number of methoxy groups -OCH3 is 1. The minimum Gasteiger partial charge on any atom is -0.497 e. The van der Waals surface area contributed by atoms with Gasteiger partial charge >= 0.3 is 6.09 Å². The van der Waals surface area contributed by atoms with Crippen LogP contribution in [0.1, 0.15) is 39.4 Å². The molecule has 134 valence electrons. The van der Waals surface area contributed by atoms with E-state index < -0.39 is 17.7 Å². The second kappa shape index (κ2) is 7.33. The molecule has 0 fully saturated rings. The maximum atomic E-state index is 11.6. The molecule has 2 N–H and O–H groups in total. The van der Waals surface area contributed by atoms with Gasteiger partial charge in [-0.15, -0.1) is 10.2 Å². The van der Waals surface area contributed by atoms with Crippen molar-refractivity contribution in [3.05, 3.63) is 36.2 Å². The first kappa shape index (κ1) is 18.4. The zero-order valence-electron chi connectivity index (χ0n) is 15.0. The van der Waals surface area contributed by atoms with Crippen LogP contribution in [0.5, 0.6) is 5.75 Å². The monoisotopic (exact) mass is 345 g/mol. The lowest BCUT2D eigenvalue weighted by atomic mass is 10.0. The molecule has 8 nitrogen and oxygen atoms in total. The number of aromatic nitrogens is 3. The molecule has 0 saturated carbocycles. The van der Waals surface area contributed by atoms with Crippen LogP contribution in [-0.4, -0.2) is 43.9 Å². The fraction of sp³-hybridized carbons (Fsp3) is 0.412. The molecule has 0 saturated heterocycles. The van der Waals surface area contributed by atoms with E-state index in [1.807, 2.05) is 45.0 Å². The van der Waals surface area contributed by atoms with Gasteiger partial charge in [0.1, 0.15) is 11.4 Å². The molecule has 1 unspecified atom stereocenters. The summed E-state index contributed by atoms with van der Waals surface area (Å²) in [6, 6.07) is 6.85. The van der Waals surface area contributed by atoms with E-state index >= 15 is 0 Å². The van der Waals surface area contributed by atoms with Gasteiger partial charge in [0.2, 0.25) is 5.95 Å². The van der Waals surface area contributed by atoms with Gasteiger partial charge in [-0.1, -0.05) is 0 Å². The Morgan fingerprint density at radius 1 is 1.24 bits per heavy atom. The second-order valence-electron chi connectivity index (χ2n) is 6.56. The molecule has 2 rings (SSSR count). The number of carboxylic acid groups (broad SMARTS) is 1. The number of benzene rings is 1. The van der Waals surface area contributed by atoms with Crippen molar-refractivity contribution >= 4 is 17.7 Å². The number of rotatable bonds is 5. The third-order valence-corrected chi connectivity index (χ3v) is 3.67. The normalized spacial score (nSPS) is 12.4. The Morgan fingerprint density at radius 3 is 2.32 bits per heavy atom. The molecule has 0 aliphatic rings. The van der Waals surface area contributed by atoms with Crippen molar-refractivity contribution in [2.75, 3.05) is 12.4 Å². The van der Waals surface area contributed by atoms with Crippen molar-refractivity contribution in [3.63, 3.8) is 0 Å². The van der Waals surface area contributed by atoms with Crippen molar-refractivity contribution in [3.8, 4) is 5.75 Å². The highest BCUT2D eigenvalue weighted by Crippen LogP contribution is 2.26. The fourth-order valence-corrected chi connectivity index (χ4v) is 2.50. The van der Waals surface area contributed by atoms with Gasteiger partial charge in [-0.05, 0) is 52.0 Å². The smallest absolute Gasteiger partial charge is 0.408 e. The molecule has 1 amide bonds. The molecule has 1 aromatic carbocycles. The Bertz CT molecular complexity index is 711. The molecule has 25 heavy (non-hydrogen) atoms. The first-order valence-electron chi connectivity index (χ1n) is 7.85. The van der Waals surface area contributed by atoms with Crippen molar-refractivity contribution in [1.82, 2.24) is 20.1 Å². The molecule has 8 heteroatoms. The third kappa shape index (κ3) is 4.56. The number of amides is 1. The van der Waals surface area contributed by atoms with Gasteiger partial charge in [0.05, 0.1) is 19.3 Å². The van der Waals surface area contributed by atoms with Gasteiger partial charge in [-0.3, -0.25) is 4.90 Å². The lowest BCUT2D eigenvalue weighted by Crippen LogP contribution is -2.46. The molecule has 0 aliphatic heterocycles. The van der Waals surface area contributed by atoms with Crippen LogP contribution >= 0.6 is 0 Å². The average molecular weight is 345 g/mol. The van der Waals surface area contributed by atoms with Crippen molar-refractivity contribution in [2.45, 2.75) is 39.3 Å². The van der Waals surface area contributed by atoms with E-state index in [-0.39, 0.29) is 0 Å². The summed E-state index contributed by atoms with van der Waals surface area (Å²) in [5, 5.41) is 20.7. The Balaban J connectivity index is 2.14. The first-order valence-corrected chi connectivity index (χ1v) is 7.85. The number of anilines is 2. The summed E-state index contributed by atoms with van der Waals surface area (Å²) >= 11 is 0. The molecule has 1 aromatic heterocycles. The molecular formula is C17H23N5O3. The lowest BCUT2D eigenvalue weighted by Gasteiger charge is -2.37. The zero-order chi connectivity index (χ0) is 18.6. The Labute approximate surface area is 146 Å². The Morgan fingerprint density at radius 2 is 1.88 bits per heavy atom. The highest BCUT2D eigenvalue weighted by atomic mass is 16.5. The standard InChI is InChI=1S/C17H23N5O3/c1-11(22(16(23)24)17(2,3)4)14-10-18-15(21-20-14)19-12-6-8-13(25-5)9-7-12/h6-11H,1-5H3,(H,23,24)(H,18,19,21). The SMILES string of the molecule is COc1ccc(Nc2ncc(C(C)N(C(=O)O)C(C)(C)C)nn2)cc1.